The lowest BCUT2D eigenvalue weighted by Gasteiger charge is -2.01. The first kappa shape index (κ1) is 12.3. The minimum atomic E-state index is 0.325. The van der Waals surface area contributed by atoms with Crippen LogP contribution in [0, 0.1) is 0 Å². The number of halogens is 1. The number of hydrogen-bond acceptors (Lipinski definition) is 1. The fourth-order valence-corrected chi connectivity index (χ4v) is 1.62. The van der Waals surface area contributed by atoms with Gasteiger partial charge >= 0.3 is 0 Å². The molecule has 0 aliphatic heterocycles. The van der Waals surface area contributed by atoms with Gasteiger partial charge in [0.1, 0.15) is 5.78 Å². The third kappa shape index (κ3) is 4.98. The maximum atomic E-state index is 11.5. The third-order valence-electron chi connectivity index (χ3n) is 2.37. The summed E-state index contributed by atoms with van der Waals surface area (Å²) in [5.74, 6) is 0.325. The fourth-order valence-electron chi connectivity index (χ4n) is 1.49. The van der Waals surface area contributed by atoms with Gasteiger partial charge in [0.25, 0.3) is 0 Å². The van der Waals surface area contributed by atoms with Gasteiger partial charge in [-0.25, -0.2) is 0 Å². The Bertz CT molecular complexity index is 303. The maximum Gasteiger partial charge on any atom is 0.137 e. The van der Waals surface area contributed by atoms with Crippen LogP contribution in [0.4, 0.5) is 0 Å². The molecule has 1 aromatic carbocycles. The molecule has 0 fully saturated rings. The van der Waals surface area contributed by atoms with Crippen molar-refractivity contribution in [1.82, 2.24) is 0 Å². The summed E-state index contributed by atoms with van der Waals surface area (Å²) < 4.78 is 0. The van der Waals surface area contributed by atoms with E-state index < -0.39 is 0 Å². The molecule has 0 saturated heterocycles. The van der Waals surface area contributed by atoms with Gasteiger partial charge in [-0.2, -0.15) is 0 Å². The van der Waals surface area contributed by atoms with Gasteiger partial charge in [-0.3, -0.25) is 4.79 Å². The van der Waals surface area contributed by atoms with Crippen LogP contribution in [0.15, 0.2) is 24.3 Å². The van der Waals surface area contributed by atoms with Crippen molar-refractivity contribution in [2.24, 2.45) is 0 Å². The first-order chi connectivity index (χ1) is 7.22. The van der Waals surface area contributed by atoms with Gasteiger partial charge in [0, 0.05) is 17.9 Å². The lowest BCUT2D eigenvalue weighted by Crippen LogP contribution is -2.02. The van der Waals surface area contributed by atoms with Crippen molar-refractivity contribution in [2.45, 2.75) is 39.0 Å². The molecule has 0 aliphatic rings. The molecule has 1 aromatic rings. The molecule has 0 aliphatic carbocycles. The minimum absolute atomic E-state index is 0.325. The Balaban J connectivity index is 2.34. The number of rotatable bonds is 6. The van der Waals surface area contributed by atoms with E-state index in [1.807, 2.05) is 24.3 Å². The molecule has 0 heterocycles. The van der Waals surface area contributed by atoms with Gasteiger partial charge in [0.15, 0.2) is 0 Å². The van der Waals surface area contributed by atoms with Crippen molar-refractivity contribution in [2.75, 3.05) is 0 Å². The highest BCUT2D eigenvalue weighted by molar-refractivity contribution is 6.30. The Hall–Kier alpha value is -0.820. The number of benzene rings is 1. The van der Waals surface area contributed by atoms with Gasteiger partial charge in [-0.1, -0.05) is 43.5 Å². The Morgan fingerprint density at radius 3 is 2.47 bits per heavy atom. The van der Waals surface area contributed by atoms with Crippen molar-refractivity contribution in [3.63, 3.8) is 0 Å². The van der Waals surface area contributed by atoms with Gasteiger partial charge in [0.05, 0.1) is 0 Å². The first-order valence-corrected chi connectivity index (χ1v) is 5.86. The van der Waals surface area contributed by atoms with Crippen molar-refractivity contribution < 1.29 is 4.79 Å². The van der Waals surface area contributed by atoms with E-state index in [1.165, 1.54) is 0 Å². The summed E-state index contributed by atoms with van der Waals surface area (Å²) in [4.78, 5) is 11.5. The van der Waals surface area contributed by atoms with Crippen LogP contribution >= 0.6 is 11.6 Å². The maximum absolute atomic E-state index is 11.5. The van der Waals surface area contributed by atoms with Gasteiger partial charge < -0.3 is 0 Å². The molecule has 2 heteroatoms. The lowest BCUT2D eigenvalue weighted by atomic mass is 10.0. The van der Waals surface area contributed by atoms with Crippen molar-refractivity contribution in [1.29, 1.82) is 0 Å². The largest absolute Gasteiger partial charge is 0.299 e. The molecule has 15 heavy (non-hydrogen) atoms. The van der Waals surface area contributed by atoms with Gasteiger partial charge in [-0.05, 0) is 24.1 Å². The van der Waals surface area contributed by atoms with E-state index in [-0.39, 0.29) is 0 Å². The number of carbonyl (C=O) groups is 1. The molecule has 0 spiro atoms. The number of ketones is 1. The van der Waals surface area contributed by atoms with Crippen LogP contribution in [-0.2, 0) is 11.2 Å². The fraction of sp³-hybridized carbons (Fsp3) is 0.462. The minimum Gasteiger partial charge on any atom is -0.299 e. The summed E-state index contributed by atoms with van der Waals surface area (Å²) in [6.07, 6.45) is 4.57. The normalized spacial score (nSPS) is 10.3. The summed E-state index contributed by atoms with van der Waals surface area (Å²) in [6, 6.07) is 7.49. The van der Waals surface area contributed by atoms with Crippen molar-refractivity contribution in [3.8, 4) is 0 Å². The Kier molecular flexibility index (Phi) is 5.41. The van der Waals surface area contributed by atoms with E-state index in [9.17, 15) is 4.79 Å². The third-order valence-corrected chi connectivity index (χ3v) is 2.63. The van der Waals surface area contributed by atoms with Gasteiger partial charge in [0.2, 0.25) is 0 Å². The van der Waals surface area contributed by atoms with Crippen LogP contribution in [0.3, 0.4) is 0 Å². The number of carbonyl (C=O) groups excluding carboxylic acids is 1. The van der Waals surface area contributed by atoms with Crippen LogP contribution in [-0.4, -0.2) is 5.78 Å². The molecule has 0 N–H and O–H groups in total. The Morgan fingerprint density at radius 2 is 1.87 bits per heavy atom. The smallest absolute Gasteiger partial charge is 0.137 e. The van der Waals surface area contributed by atoms with E-state index in [4.69, 9.17) is 11.6 Å². The van der Waals surface area contributed by atoms with Crippen LogP contribution in [0.2, 0.25) is 5.02 Å². The van der Waals surface area contributed by atoms with E-state index in [1.54, 1.807) is 0 Å². The first-order valence-electron chi connectivity index (χ1n) is 5.48. The van der Waals surface area contributed by atoms with E-state index >= 15 is 0 Å². The quantitative estimate of drug-likeness (QED) is 0.667. The summed E-state index contributed by atoms with van der Waals surface area (Å²) in [5.41, 5.74) is 1.06. The van der Waals surface area contributed by atoms with E-state index in [0.29, 0.717) is 18.6 Å². The predicted molar refractivity (Wildman–Crippen MR) is 64.3 cm³/mol. The highest BCUT2D eigenvalue weighted by atomic mass is 35.5. The zero-order valence-corrected chi connectivity index (χ0v) is 9.89. The molecule has 1 nitrogen and oxygen atoms in total. The standard InChI is InChI=1S/C13H17ClO/c1-2-3-4-5-13(15)10-11-6-8-12(14)9-7-11/h6-9H,2-5,10H2,1H3. The second-order valence-electron chi connectivity index (χ2n) is 3.80. The average molecular weight is 225 g/mol. The van der Waals surface area contributed by atoms with Crippen molar-refractivity contribution in [3.05, 3.63) is 34.9 Å². The predicted octanol–water partition coefficient (Wildman–Crippen LogP) is 4.03. The molecule has 82 valence electrons. The monoisotopic (exact) mass is 224 g/mol. The van der Waals surface area contributed by atoms with Crippen molar-refractivity contribution >= 4 is 17.4 Å². The van der Waals surface area contributed by atoms with Crippen LogP contribution in [0.25, 0.3) is 0 Å². The summed E-state index contributed by atoms with van der Waals surface area (Å²) in [6.45, 7) is 2.14. The summed E-state index contributed by atoms with van der Waals surface area (Å²) >= 11 is 5.77. The highest BCUT2D eigenvalue weighted by Gasteiger charge is 2.03. The second kappa shape index (κ2) is 6.62. The molecule has 0 bridgehead atoms. The second-order valence-corrected chi connectivity index (χ2v) is 4.24. The lowest BCUT2D eigenvalue weighted by molar-refractivity contribution is -0.118. The molecule has 0 amide bonds. The van der Waals surface area contributed by atoms with Crippen LogP contribution in [0.1, 0.15) is 38.2 Å². The Morgan fingerprint density at radius 1 is 1.20 bits per heavy atom. The number of Topliss-reactive ketones (excluding diaryl/α,β-unsaturated/α-hetero) is 1. The molecule has 1 rings (SSSR count). The highest BCUT2D eigenvalue weighted by Crippen LogP contribution is 2.11. The molecule has 0 aromatic heterocycles. The van der Waals surface area contributed by atoms with Gasteiger partial charge in [-0.15, -0.1) is 0 Å². The summed E-state index contributed by atoms with van der Waals surface area (Å²) in [7, 11) is 0. The van der Waals surface area contributed by atoms with E-state index in [0.717, 1.165) is 29.8 Å². The average Bonchev–Trinajstić information content (AvgIpc) is 2.22. The molecule has 0 saturated carbocycles. The van der Waals surface area contributed by atoms with Crippen LogP contribution < -0.4 is 0 Å². The molecular formula is C13H17ClO. The molecule has 0 radical (unpaired) electrons. The Labute approximate surface area is 96.5 Å². The van der Waals surface area contributed by atoms with E-state index in [2.05, 4.69) is 6.92 Å². The zero-order chi connectivity index (χ0) is 11.1. The SMILES string of the molecule is CCCCCC(=O)Cc1ccc(Cl)cc1. The topological polar surface area (TPSA) is 17.1 Å². The number of unbranched alkanes of at least 4 members (excludes halogenated alkanes) is 2. The molecule has 0 unspecified atom stereocenters. The number of hydrogen-bond donors (Lipinski definition) is 0. The van der Waals surface area contributed by atoms with Crippen LogP contribution in [0.5, 0.6) is 0 Å². The molecular weight excluding hydrogens is 208 g/mol. The summed E-state index contributed by atoms with van der Waals surface area (Å²) in [5, 5.41) is 0.720. The molecule has 0 atom stereocenters. The zero-order valence-electron chi connectivity index (χ0n) is 9.13.